The van der Waals surface area contributed by atoms with Crippen molar-refractivity contribution < 1.29 is 14.8 Å². The number of piperazine rings is 1. The summed E-state index contributed by atoms with van der Waals surface area (Å²) in [6.45, 7) is 5.47. The summed E-state index contributed by atoms with van der Waals surface area (Å²) in [7, 11) is 1.40. The lowest BCUT2D eigenvalue weighted by atomic mass is 9.99. The first-order valence-corrected chi connectivity index (χ1v) is 7.08. The third-order valence-corrected chi connectivity index (χ3v) is 3.86. The van der Waals surface area contributed by atoms with Gasteiger partial charge >= 0.3 is 0 Å². The topological polar surface area (TPSA) is 87.9 Å². The third kappa shape index (κ3) is 3.25. The number of nitro benzene ring substituents is 1. The summed E-state index contributed by atoms with van der Waals surface area (Å²) in [4.78, 5) is 12.8. The minimum Gasteiger partial charge on any atom is -0.504 e. The highest BCUT2D eigenvalue weighted by molar-refractivity contribution is 5.54. The minimum atomic E-state index is -0.462. The first kappa shape index (κ1) is 15.5. The van der Waals surface area contributed by atoms with Gasteiger partial charge in [0.2, 0.25) is 0 Å². The molecule has 0 aromatic heterocycles. The van der Waals surface area contributed by atoms with Crippen molar-refractivity contribution in [1.82, 2.24) is 10.2 Å². The van der Waals surface area contributed by atoms with E-state index < -0.39 is 4.92 Å². The van der Waals surface area contributed by atoms with E-state index in [0.29, 0.717) is 5.56 Å². The second-order valence-electron chi connectivity index (χ2n) is 5.05. The Morgan fingerprint density at radius 2 is 2.14 bits per heavy atom. The number of rotatable bonds is 5. The van der Waals surface area contributed by atoms with E-state index in [-0.39, 0.29) is 23.2 Å². The van der Waals surface area contributed by atoms with E-state index >= 15 is 0 Å². The Labute approximate surface area is 123 Å². The number of methoxy groups -OCH3 is 1. The van der Waals surface area contributed by atoms with Gasteiger partial charge in [-0.1, -0.05) is 6.92 Å². The highest BCUT2D eigenvalue weighted by Crippen LogP contribution is 2.40. The molecule has 7 heteroatoms. The van der Waals surface area contributed by atoms with Gasteiger partial charge in [-0.3, -0.25) is 15.0 Å². The Morgan fingerprint density at radius 3 is 2.67 bits per heavy atom. The molecule has 1 aliphatic heterocycles. The molecule has 1 atom stereocenters. The number of phenolic OH excluding ortho intramolecular Hbond substituents is 1. The van der Waals surface area contributed by atoms with Crippen molar-refractivity contribution >= 4 is 5.69 Å². The molecule has 2 rings (SSSR count). The summed E-state index contributed by atoms with van der Waals surface area (Å²) in [6, 6.07) is 2.65. The lowest BCUT2D eigenvalue weighted by Crippen LogP contribution is -2.45. The Bertz CT molecular complexity index is 515. The van der Waals surface area contributed by atoms with Crippen LogP contribution in [0.3, 0.4) is 0 Å². The maximum atomic E-state index is 11.1. The smallest absolute Gasteiger partial charge is 0.273 e. The van der Waals surface area contributed by atoms with Crippen LogP contribution in [0.15, 0.2) is 12.1 Å². The van der Waals surface area contributed by atoms with Crippen molar-refractivity contribution in [3.63, 3.8) is 0 Å². The van der Waals surface area contributed by atoms with Crippen LogP contribution in [0.4, 0.5) is 5.69 Å². The third-order valence-electron chi connectivity index (χ3n) is 3.86. The lowest BCUT2D eigenvalue weighted by molar-refractivity contribution is -0.385. The number of nitrogens with one attached hydrogen (secondary N) is 1. The van der Waals surface area contributed by atoms with Crippen molar-refractivity contribution in [2.75, 3.05) is 33.3 Å². The molecule has 0 spiro atoms. The largest absolute Gasteiger partial charge is 0.504 e. The van der Waals surface area contributed by atoms with E-state index in [9.17, 15) is 15.2 Å². The Hall–Kier alpha value is -1.86. The number of hydrogen-bond acceptors (Lipinski definition) is 6. The van der Waals surface area contributed by atoms with Crippen molar-refractivity contribution in [2.24, 2.45) is 0 Å². The highest BCUT2D eigenvalue weighted by atomic mass is 16.6. The fraction of sp³-hybridized carbons (Fsp3) is 0.571. The molecular formula is C14H21N3O4. The van der Waals surface area contributed by atoms with Gasteiger partial charge in [-0.25, -0.2) is 0 Å². The molecule has 0 radical (unpaired) electrons. The summed E-state index contributed by atoms with van der Waals surface area (Å²) in [6.07, 6.45) is 0.762. The summed E-state index contributed by atoms with van der Waals surface area (Å²) < 4.78 is 5.07. The van der Waals surface area contributed by atoms with Gasteiger partial charge in [0.25, 0.3) is 5.69 Å². The van der Waals surface area contributed by atoms with Crippen LogP contribution in [0.5, 0.6) is 11.5 Å². The minimum absolute atomic E-state index is 0.00603. The summed E-state index contributed by atoms with van der Waals surface area (Å²) in [5, 5.41) is 24.7. The zero-order chi connectivity index (χ0) is 15.4. The molecule has 1 aromatic carbocycles. The van der Waals surface area contributed by atoms with Gasteiger partial charge in [0.1, 0.15) is 0 Å². The number of phenols is 1. The van der Waals surface area contributed by atoms with Gasteiger partial charge in [0.15, 0.2) is 11.5 Å². The molecule has 0 amide bonds. The monoisotopic (exact) mass is 295 g/mol. The average molecular weight is 295 g/mol. The maximum absolute atomic E-state index is 11.1. The predicted molar refractivity (Wildman–Crippen MR) is 78.8 cm³/mol. The van der Waals surface area contributed by atoms with Gasteiger partial charge in [0.05, 0.1) is 18.1 Å². The Balaban J connectivity index is 2.43. The van der Waals surface area contributed by atoms with Crippen LogP contribution in [-0.4, -0.2) is 48.2 Å². The maximum Gasteiger partial charge on any atom is 0.273 e. The van der Waals surface area contributed by atoms with Crippen molar-refractivity contribution in [3.8, 4) is 11.5 Å². The zero-order valence-electron chi connectivity index (χ0n) is 12.3. The first-order valence-electron chi connectivity index (χ1n) is 7.08. The van der Waals surface area contributed by atoms with E-state index in [1.165, 1.54) is 19.2 Å². The molecule has 7 nitrogen and oxygen atoms in total. The predicted octanol–water partition coefficient (Wildman–Crippen LogP) is 1.67. The Morgan fingerprint density at radius 1 is 1.48 bits per heavy atom. The number of nitro groups is 1. The molecule has 0 aliphatic carbocycles. The molecule has 0 saturated carbocycles. The van der Waals surface area contributed by atoms with Crippen LogP contribution in [0.2, 0.25) is 0 Å². The second-order valence-corrected chi connectivity index (χ2v) is 5.05. The number of benzene rings is 1. The van der Waals surface area contributed by atoms with Crippen LogP contribution >= 0.6 is 0 Å². The van der Waals surface area contributed by atoms with Gasteiger partial charge in [-0.15, -0.1) is 0 Å². The van der Waals surface area contributed by atoms with E-state index in [1.54, 1.807) is 0 Å². The summed E-state index contributed by atoms with van der Waals surface area (Å²) >= 11 is 0. The second kappa shape index (κ2) is 6.73. The molecule has 1 heterocycles. The molecule has 116 valence electrons. The lowest BCUT2D eigenvalue weighted by Gasteiger charge is -2.35. The molecule has 2 N–H and O–H groups in total. The molecule has 21 heavy (non-hydrogen) atoms. The van der Waals surface area contributed by atoms with Crippen molar-refractivity contribution in [2.45, 2.75) is 19.4 Å². The number of non-ortho nitro benzene ring substituents is 1. The van der Waals surface area contributed by atoms with E-state index in [2.05, 4.69) is 10.2 Å². The highest BCUT2D eigenvalue weighted by Gasteiger charge is 2.27. The van der Waals surface area contributed by atoms with Crippen LogP contribution < -0.4 is 10.1 Å². The van der Waals surface area contributed by atoms with Crippen LogP contribution in [0.1, 0.15) is 24.9 Å². The van der Waals surface area contributed by atoms with Crippen molar-refractivity contribution in [3.05, 3.63) is 27.8 Å². The van der Waals surface area contributed by atoms with Gasteiger partial charge in [-0.05, 0) is 6.42 Å². The standard InChI is InChI=1S/C14H21N3O4/c1-3-12(16-6-4-15-5-7-16)11-8-10(17(19)20)9-13(21-2)14(11)18/h8-9,12,15,18H,3-7H2,1-2H3/t12-/m0/s1. The van der Waals surface area contributed by atoms with Gasteiger partial charge in [-0.2, -0.15) is 0 Å². The van der Waals surface area contributed by atoms with Gasteiger partial charge in [0, 0.05) is 43.9 Å². The summed E-state index contributed by atoms with van der Waals surface area (Å²) in [5.74, 6) is 0.140. The van der Waals surface area contributed by atoms with Crippen molar-refractivity contribution in [1.29, 1.82) is 0 Å². The molecular weight excluding hydrogens is 274 g/mol. The van der Waals surface area contributed by atoms with Crippen LogP contribution in [0, 0.1) is 10.1 Å². The SMILES string of the molecule is CC[C@@H](c1cc([N+](=O)[O-])cc(OC)c1O)N1CCNCC1. The number of hydrogen-bond donors (Lipinski definition) is 2. The normalized spacial score (nSPS) is 17.4. The fourth-order valence-electron chi connectivity index (χ4n) is 2.80. The van der Waals surface area contributed by atoms with Crippen LogP contribution in [0.25, 0.3) is 0 Å². The molecule has 1 aliphatic rings. The zero-order valence-corrected chi connectivity index (χ0v) is 12.3. The first-order chi connectivity index (χ1) is 10.1. The molecule has 0 bridgehead atoms. The van der Waals surface area contributed by atoms with E-state index in [1.807, 2.05) is 6.92 Å². The molecule has 0 unspecified atom stereocenters. The Kier molecular flexibility index (Phi) is 4.98. The molecule has 1 fully saturated rings. The quantitative estimate of drug-likeness (QED) is 0.634. The average Bonchev–Trinajstić information content (AvgIpc) is 2.50. The van der Waals surface area contributed by atoms with E-state index in [0.717, 1.165) is 32.6 Å². The summed E-state index contributed by atoms with van der Waals surface area (Å²) in [5.41, 5.74) is 0.499. The fourth-order valence-corrected chi connectivity index (χ4v) is 2.80. The number of aromatic hydroxyl groups is 1. The molecule has 1 saturated heterocycles. The van der Waals surface area contributed by atoms with E-state index in [4.69, 9.17) is 4.74 Å². The van der Waals surface area contributed by atoms with Crippen LogP contribution in [-0.2, 0) is 0 Å². The van der Waals surface area contributed by atoms with Gasteiger partial charge < -0.3 is 15.2 Å². The number of ether oxygens (including phenoxy) is 1. The molecule has 1 aromatic rings. The number of nitrogens with zero attached hydrogens (tertiary/aromatic N) is 2.